The molecule has 0 radical (unpaired) electrons. The number of rotatable bonds is 39. The molecule has 0 spiro atoms. The van der Waals surface area contributed by atoms with Gasteiger partial charge in [0.1, 0.15) is 0 Å². The molecule has 22 nitrogen and oxygen atoms in total. The van der Waals surface area contributed by atoms with Crippen molar-refractivity contribution in [1.29, 1.82) is 0 Å². The van der Waals surface area contributed by atoms with E-state index in [1.54, 1.807) is 0 Å². The first-order valence-electron chi connectivity index (χ1n) is 20.7. The van der Waals surface area contributed by atoms with E-state index >= 15 is 0 Å². The third-order valence-electron chi connectivity index (χ3n) is 8.93. The summed E-state index contributed by atoms with van der Waals surface area (Å²) in [5.74, 6) is -0.816. The Balaban J connectivity index is 6.21. The summed E-state index contributed by atoms with van der Waals surface area (Å²) in [6, 6.07) is 0. The number of hydrogen-bond acceptors (Lipinski definition) is 16. The van der Waals surface area contributed by atoms with E-state index < -0.39 is 0 Å². The topological polar surface area (TPSA) is 344 Å². The summed E-state index contributed by atoms with van der Waals surface area (Å²) in [5, 5.41) is 16.7. The highest BCUT2D eigenvalue weighted by molar-refractivity contribution is 5.78. The van der Waals surface area contributed by atoms with Crippen molar-refractivity contribution in [3.05, 3.63) is 0 Å². The molecular weight excluding hydrogens is 753 g/mol. The molecule has 0 aliphatic heterocycles. The van der Waals surface area contributed by atoms with Crippen LogP contribution in [0.3, 0.4) is 0 Å². The molecule has 22 heteroatoms. The zero-order valence-electron chi connectivity index (χ0n) is 34.9. The van der Waals surface area contributed by atoms with E-state index in [9.17, 15) is 28.8 Å². The van der Waals surface area contributed by atoms with Gasteiger partial charge < -0.3 is 81.0 Å². The third kappa shape index (κ3) is 32.4. The molecule has 0 unspecified atom stereocenters. The second-order valence-electron chi connectivity index (χ2n) is 13.7. The predicted octanol–water partition coefficient (Wildman–Crippen LogP) is -7.02. The molecule has 18 N–H and O–H groups in total. The van der Waals surface area contributed by atoms with Crippen LogP contribution in [0.5, 0.6) is 0 Å². The number of nitrogens with two attached hydrogens (primary N) is 6. The largest absolute Gasteiger partial charge is 0.355 e. The molecule has 0 saturated carbocycles. The van der Waals surface area contributed by atoms with Gasteiger partial charge in [-0.2, -0.15) is 0 Å². The van der Waals surface area contributed by atoms with E-state index in [-0.39, 0.29) is 74.0 Å². The lowest BCUT2D eigenvalue weighted by Gasteiger charge is -2.32. The van der Waals surface area contributed by atoms with Crippen LogP contribution in [0, 0.1) is 0 Å². The van der Waals surface area contributed by atoms with Crippen LogP contribution < -0.4 is 66.3 Å². The maximum Gasteiger partial charge on any atom is 0.221 e. The standard InChI is InChI=1S/C36H78N16O6/c37-7-13-43-31(53)1-19-49(20-2-32(54)44-14-8-38)25-28-52(29-26-50(21-3-33(55)45-15-9-39)22-4-34(56)46-16-10-40)30-27-51(23-5-35(57)47-17-11-41)24-6-36(58)48-18-12-42/h1-30,37-42H2,(H,43,53)(H,44,54)(H,45,55)(H,46,56)(H,47,57)(H,48,58). The van der Waals surface area contributed by atoms with Gasteiger partial charge in [0.15, 0.2) is 0 Å². The Morgan fingerprint density at radius 2 is 0.397 bits per heavy atom. The summed E-state index contributed by atoms with van der Waals surface area (Å²) in [4.78, 5) is 83.5. The van der Waals surface area contributed by atoms with E-state index in [4.69, 9.17) is 34.4 Å². The van der Waals surface area contributed by atoms with Crippen molar-refractivity contribution in [1.82, 2.24) is 51.5 Å². The number of hydrogen-bond donors (Lipinski definition) is 12. The van der Waals surface area contributed by atoms with Gasteiger partial charge in [-0.05, 0) is 0 Å². The van der Waals surface area contributed by atoms with Crippen molar-refractivity contribution in [2.24, 2.45) is 34.4 Å². The van der Waals surface area contributed by atoms with Crippen molar-refractivity contribution >= 4 is 35.4 Å². The van der Waals surface area contributed by atoms with Crippen LogP contribution >= 0.6 is 0 Å². The first-order valence-corrected chi connectivity index (χ1v) is 20.7. The lowest BCUT2D eigenvalue weighted by atomic mass is 10.2. The quantitative estimate of drug-likeness (QED) is 0.0274. The molecule has 0 aliphatic rings. The summed E-state index contributed by atoms with van der Waals surface area (Å²) in [7, 11) is 0. The summed E-state index contributed by atoms with van der Waals surface area (Å²) in [6.07, 6.45) is 1.35. The van der Waals surface area contributed by atoms with Crippen LogP contribution in [0.4, 0.5) is 0 Å². The molecular formula is C36H78N16O6. The molecule has 0 heterocycles. The Hall–Kier alpha value is -3.58. The van der Waals surface area contributed by atoms with E-state index in [1.165, 1.54) is 0 Å². The minimum Gasteiger partial charge on any atom is -0.355 e. The molecule has 0 saturated heterocycles. The Labute approximate surface area is 345 Å². The summed E-state index contributed by atoms with van der Waals surface area (Å²) in [6.45, 7) is 9.91. The number of carbonyl (C=O) groups is 6. The molecule has 0 fully saturated rings. The first-order chi connectivity index (χ1) is 28.0. The first kappa shape index (κ1) is 54.4. The molecule has 338 valence electrons. The van der Waals surface area contributed by atoms with Crippen LogP contribution in [-0.2, 0) is 28.8 Å². The monoisotopic (exact) mass is 831 g/mol. The number of nitrogens with one attached hydrogen (secondary N) is 6. The van der Waals surface area contributed by atoms with Gasteiger partial charge in [0.05, 0.1) is 0 Å². The fourth-order valence-electron chi connectivity index (χ4n) is 5.55. The maximum atomic E-state index is 12.5. The minimum absolute atomic E-state index is 0.136. The highest BCUT2D eigenvalue weighted by Gasteiger charge is 2.18. The van der Waals surface area contributed by atoms with Gasteiger partial charge in [-0.25, -0.2) is 0 Å². The molecule has 0 atom stereocenters. The van der Waals surface area contributed by atoms with Gasteiger partial charge in [0.25, 0.3) is 0 Å². The van der Waals surface area contributed by atoms with E-state index in [1.807, 2.05) is 0 Å². The van der Waals surface area contributed by atoms with Gasteiger partial charge in [-0.1, -0.05) is 0 Å². The fraction of sp³-hybridized carbons (Fsp3) is 0.833. The van der Waals surface area contributed by atoms with Crippen LogP contribution in [0.25, 0.3) is 0 Å². The predicted molar refractivity (Wildman–Crippen MR) is 226 cm³/mol. The Kier molecular flexibility index (Phi) is 35.3. The third-order valence-corrected chi connectivity index (χ3v) is 8.93. The molecule has 0 bridgehead atoms. The van der Waals surface area contributed by atoms with Crippen LogP contribution in [0.1, 0.15) is 38.5 Å². The second kappa shape index (κ2) is 37.7. The highest BCUT2D eigenvalue weighted by Crippen LogP contribution is 2.04. The van der Waals surface area contributed by atoms with E-state index in [0.29, 0.717) is 157 Å². The van der Waals surface area contributed by atoms with Crippen LogP contribution in [0.15, 0.2) is 0 Å². The lowest BCUT2D eigenvalue weighted by molar-refractivity contribution is -0.123. The summed E-state index contributed by atoms with van der Waals surface area (Å²) < 4.78 is 0. The molecule has 0 aromatic heterocycles. The Bertz CT molecular complexity index is 919. The number of carbonyl (C=O) groups excluding carboxylic acids is 6. The van der Waals surface area contributed by atoms with Crippen molar-refractivity contribution in [3.63, 3.8) is 0 Å². The smallest absolute Gasteiger partial charge is 0.221 e. The van der Waals surface area contributed by atoms with Gasteiger partial charge in [-0.15, -0.1) is 0 Å². The van der Waals surface area contributed by atoms with Crippen molar-refractivity contribution in [2.75, 3.05) is 157 Å². The highest BCUT2D eigenvalue weighted by atomic mass is 16.2. The Morgan fingerprint density at radius 3 is 0.534 bits per heavy atom. The van der Waals surface area contributed by atoms with Crippen LogP contribution in [-0.4, -0.2) is 212 Å². The summed E-state index contributed by atoms with van der Waals surface area (Å²) in [5.41, 5.74) is 33.3. The van der Waals surface area contributed by atoms with Crippen molar-refractivity contribution < 1.29 is 28.8 Å². The zero-order valence-corrected chi connectivity index (χ0v) is 34.9. The molecule has 0 aromatic rings. The lowest BCUT2D eigenvalue weighted by Crippen LogP contribution is -2.46. The van der Waals surface area contributed by atoms with Crippen LogP contribution in [0.2, 0.25) is 0 Å². The average molecular weight is 831 g/mol. The molecule has 6 amide bonds. The zero-order chi connectivity index (χ0) is 43.2. The van der Waals surface area contributed by atoms with E-state index in [2.05, 4.69) is 51.5 Å². The Morgan fingerprint density at radius 1 is 0.259 bits per heavy atom. The van der Waals surface area contributed by atoms with Gasteiger partial charge in [0, 0.05) is 196 Å². The van der Waals surface area contributed by atoms with E-state index in [0.717, 1.165) is 0 Å². The van der Waals surface area contributed by atoms with Gasteiger partial charge >= 0.3 is 0 Å². The van der Waals surface area contributed by atoms with Gasteiger partial charge in [0.2, 0.25) is 35.4 Å². The normalized spacial score (nSPS) is 11.3. The van der Waals surface area contributed by atoms with Crippen molar-refractivity contribution in [3.8, 4) is 0 Å². The second-order valence-corrected chi connectivity index (χ2v) is 13.7. The molecule has 0 aliphatic carbocycles. The SMILES string of the molecule is NCCNC(=O)CCN(CCC(=O)NCCN)CCN(CCN(CCC(=O)NCCN)CCC(=O)NCCN)CCN(CCC(=O)NCCN)CCC(=O)NCCN. The molecule has 0 aromatic carbocycles. The fourth-order valence-corrected chi connectivity index (χ4v) is 5.55. The average Bonchev–Trinajstić information content (AvgIpc) is 3.22. The molecule has 0 rings (SSSR count). The van der Waals surface area contributed by atoms with Crippen molar-refractivity contribution in [2.45, 2.75) is 38.5 Å². The maximum absolute atomic E-state index is 12.5. The summed E-state index contributed by atoms with van der Waals surface area (Å²) >= 11 is 0. The molecule has 58 heavy (non-hydrogen) atoms. The van der Waals surface area contributed by atoms with Gasteiger partial charge in [-0.3, -0.25) is 33.7 Å². The number of nitrogens with zero attached hydrogens (tertiary/aromatic N) is 4. The number of amides is 6. The minimum atomic E-state index is -0.136.